The third kappa shape index (κ3) is 5.33. The van der Waals surface area contributed by atoms with Crippen LogP contribution in [0.15, 0.2) is 84.7 Å². The molecule has 0 atom stereocenters. The normalized spacial score (nSPS) is 14.1. The van der Waals surface area contributed by atoms with Gasteiger partial charge in [0.15, 0.2) is 0 Å². The molecule has 7 nitrogen and oxygen atoms in total. The molecule has 1 saturated heterocycles. The smallest absolute Gasteiger partial charge is 0.270 e. The van der Waals surface area contributed by atoms with Gasteiger partial charge in [-0.3, -0.25) is 9.59 Å². The molecule has 1 fully saturated rings. The molecule has 2 heterocycles. The van der Waals surface area contributed by atoms with E-state index >= 15 is 0 Å². The third-order valence-corrected chi connectivity index (χ3v) is 6.49. The maximum Gasteiger partial charge on any atom is 0.270 e. The number of H-pyrrole nitrogens is 1. The lowest BCUT2D eigenvalue weighted by Crippen LogP contribution is -2.50. The van der Waals surface area contributed by atoms with Crippen molar-refractivity contribution >= 4 is 34.5 Å². The molecule has 1 aromatic heterocycles. The van der Waals surface area contributed by atoms with Gasteiger partial charge < -0.3 is 24.8 Å². The van der Waals surface area contributed by atoms with Gasteiger partial charge in [0.25, 0.3) is 11.8 Å². The Morgan fingerprint density at radius 1 is 0.973 bits per heavy atom. The molecule has 0 unspecified atom stereocenters. The standard InChI is InChI=1S/C29H27FN4O3/c1-37-24-11-12-26-25(18-24)21(19-31-26)17-27(32-28(35)20-5-3-2-4-6-20)29(36)34-15-13-33(14-16-34)23-9-7-22(30)8-10-23/h2-12,17-19,31H,13-16H2,1H3,(H,32,35). The van der Waals surface area contributed by atoms with Crippen molar-refractivity contribution in [1.29, 1.82) is 0 Å². The zero-order valence-electron chi connectivity index (χ0n) is 20.4. The number of piperazine rings is 1. The fraction of sp³-hybridized carbons (Fsp3) is 0.172. The van der Waals surface area contributed by atoms with Crippen LogP contribution in [0.5, 0.6) is 5.75 Å². The van der Waals surface area contributed by atoms with Crippen molar-refractivity contribution in [2.45, 2.75) is 0 Å². The van der Waals surface area contributed by atoms with Gasteiger partial charge in [-0.05, 0) is 60.7 Å². The zero-order valence-corrected chi connectivity index (χ0v) is 20.4. The summed E-state index contributed by atoms with van der Waals surface area (Å²) >= 11 is 0. The number of rotatable bonds is 6. The molecule has 0 aliphatic carbocycles. The van der Waals surface area contributed by atoms with Crippen molar-refractivity contribution in [3.8, 4) is 5.75 Å². The Morgan fingerprint density at radius 3 is 2.41 bits per heavy atom. The van der Waals surface area contributed by atoms with E-state index in [-0.39, 0.29) is 23.3 Å². The summed E-state index contributed by atoms with van der Waals surface area (Å²) in [6, 6.07) is 20.8. The molecular weight excluding hydrogens is 471 g/mol. The number of aromatic amines is 1. The summed E-state index contributed by atoms with van der Waals surface area (Å²) in [6.07, 6.45) is 3.51. The molecule has 37 heavy (non-hydrogen) atoms. The topological polar surface area (TPSA) is 77.7 Å². The monoisotopic (exact) mass is 498 g/mol. The van der Waals surface area contributed by atoms with Crippen LogP contribution in [0.1, 0.15) is 15.9 Å². The predicted molar refractivity (Wildman–Crippen MR) is 142 cm³/mol. The SMILES string of the molecule is COc1ccc2[nH]cc(C=C(NC(=O)c3ccccc3)C(=O)N3CCN(c4ccc(F)cc4)CC3)c2c1. The van der Waals surface area contributed by atoms with E-state index in [2.05, 4.69) is 15.2 Å². The van der Waals surface area contributed by atoms with Crippen LogP contribution in [0, 0.1) is 5.82 Å². The summed E-state index contributed by atoms with van der Waals surface area (Å²) in [5.41, 5.74) is 3.21. The molecule has 1 aliphatic rings. The lowest BCUT2D eigenvalue weighted by molar-refractivity contribution is -0.127. The fourth-order valence-corrected chi connectivity index (χ4v) is 4.45. The minimum Gasteiger partial charge on any atom is -0.497 e. The van der Waals surface area contributed by atoms with Crippen molar-refractivity contribution in [2.24, 2.45) is 0 Å². The molecule has 188 valence electrons. The summed E-state index contributed by atoms with van der Waals surface area (Å²) in [7, 11) is 1.60. The Hall–Kier alpha value is -4.59. The first-order valence-electron chi connectivity index (χ1n) is 12.0. The summed E-state index contributed by atoms with van der Waals surface area (Å²) in [4.78, 5) is 33.7. The van der Waals surface area contributed by atoms with Crippen LogP contribution < -0.4 is 15.0 Å². The third-order valence-electron chi connectivity index (χ3n) is 6.49. The summed E-state index contributed by atoms with van der Waals surface area (Å²) in [5, 5.41) is 3.72. The highest BCUT2D eigenvalue weighted by molar-refractivity contribution is 6.06. The zero-order chi connectivity index (χ0) is 25.8. The molecular formula is C29H27FN4O3. The van der Waals surface area contributed by atoms with Gasteiger partial charge in [0, 0.05) is 60.1 Å². The predicted octanol–water partition coefficient (Wildman–Crippen LogP) is 4.44. The molecule has 3 aromatic carbocycles. The van der Waals surface area contributed by atoms with Gasteiger partial charge in [-0.2, -0.15) is 0 Å². The maximum atomic E-state index is 13.7. The van der Waals surface area contributed by atoms with E-state index < -0.39 is 0 Å². The number of hydrogen-bond acceptors (Lipinski definition) is 4. The molecule has 0 spiro atoms. The van der Waals surface area contributed by atoms with E-state index in [9.17, 15) is 14.0 Å². The van der Waals surface area contributed by atoms with E-state index in [0.29, 0.717) is 37.5 Å². The van der Waals surface area contributed by atoms with Crippen molar-refractivity contribution in [3.05, 3.63) is 102 Å². The second-order valence-corrected chi connectivity index (χ2v) is 8.79. The van der Waals surface area contributed by atoms with Gasteiger partial charge >= 0.3 is 0 Å². The molecule has 4 aromatic rings. The molecule has 0 bridgehead atoms. The highest BCUT2D eigenvalue weighted by atomic mass is 19.1. The van der Waals surface area contributed by atoms with E-state index in [1.807, 2.05) is 24.3 Å². The lowest BCUT2D eigenvalue weighted by Gasteiger charge is -2.36. The first kappa shape index (κ1) is 24.1. The number of amides is 2. The van der Waals surface area contributed by atoms with Crippen molar-refractivity contribution in [2.75, 3.05) is 38.2 Å². The second kappa shape index (κ2) is 10.6. The largest absolute Gasteiger partial charge is 0.497 e. The second-order valence-electron chi connectivity index (χ2n) is 8.79. The number of halogens is 1. The molecule has 0 radical (unpaired) electrons. The average Bonchev–Trinajstić information content (AvgIpc) is 3.35. The number of anilines is 1. The number of nitrogens with one attached hydrogen (secondary N) is 2. The van der Waals surface area contributed by atoms with Crippen molar-refractivity contribution in [1.82, 2.24) is 15.2 Å². The number of ether oxygens (including phenoxy) is 1. The number of benzene rings is 3. The number of fused-ring (bicyclic) bond motifs is 1. The Labute approximate surface area is 214 Å². The van der Waals surface area contributed by atoms with Crippen LogP contribution in [0.3, 0.4) is 0 Å². The van der Waals surface area contributed by atoms with Crippen LogP contribution in [-0.4, -0.2) is 55.0 Å². The molecule has 2 amide bonds. The minimum absolute atomic E-state index is 0.188. The number of carbonyl (C=O) groups excluding carboxylic acids is 2. The van der Waals surface area contributed by atoms with E-state index in [0.717, 1.165) is 22.2 Å². The first-order chi connectivity index (χ1) is 18.0. The van der Waals surface area contributed by atoms with Crippen molar-refractivity contribution in [3.63, 3.8) is 0 Å². The van der Waals surface area contributed by atoms with E-state index in [4.69, 9.17) is 4.74 Å². The first-order valence-corrected chi connectivity index (χ1v) is 12.0. The van der Waals surface area contributed by atoms with Crippen LogP contribution >= 0.6 is 0 Å². The quantitative estimate of drug-likeness (QED) is 0.386. The van der Waals surface area contributed by atoms with Gasteiger partial charge in [0.1, 0.15) is 17.3 Å². The molecule has 2 N–H and O–H groups in total. The van der Waals surface area contributed by atoms with Crippen LogP contribution in [0.4, 0.5) is 10.1 Å². The fourth-order valence-electron chi connectivity index (χ4n) is 4.45. The number of nitrogens with zero attached hydrogens (tertiary/aromatic N) is 2. The van der Waals surface area contributed by atoms with Crippen LogP contribution in [0.25, 0.3) is 17.0 Å². The Morgan fingerprint density at radius 2 is 1.70 bits per heavy atom. The molecule has 8 heteroatoms. The van der Waals surface area contributed by atoms with Crippen LogP contribution in [-0.2, 0) is 4.79 Å². The summed E-state index contributed by atoms with van der Waals surface area (Å²) in [6.45, 7) is 2.13. The summed E-state index contributed by atoms with van der Waals surface area (Å²) in [5.74, 6) is -0.209. The summed E-state index contributed by atoms with van der Waals surface area (Å²) < 4.78 is 18.7. The molecule has 0 saturated carbocycles. The number of aromatic nitrogens is 1. The number of hydrogen-bond donors (Lipinski definition) is 2. The van der Waals surface area contributed by atoms with Gasteiger partial charge in [0.2, 0.25) is 0 Å². The Kier molecular flexibility index (Phi) is 6.89. The highest BCUT2D eigenvalue weighted by Crippen LogP contribution is 2.26. The lowest BCUT2D eigenvalue weighted by atomic mass is 10.1. The van der Waals surface area contributed by atoms with E-state index in [1.165, 1.54) is 12.1 Å². The number of methoxy groups -OCH3 is 1. The minimum atomic E-state index is -0.359. The molecule has 1 aliphatic heterocycles. The van der Waals surface area contributed by atoms with Gasteiger partial charge in [-0.15, -0.1) is 0 Å². The number of carbonyl (C=O) groups is 2. The van der Waals surface area contributed by atoms with Crippen LogP contribution in [0.2, 0.25) is 0 Å². The molecule has 5 rings (SSSR count). The average molecular weight is 499 g/mol. The van der Waals surface area contributed by atoms with E-state index in [1.54, 1.807) is 60.7 Å². The Balaban J connectivity index is 1.41. The van der Waals surface area contributed by atoms with Gasteiger partial charge in [-0.1, -0.05) is 18.2 Å². The van der Waals surface area contributed by atoms with Gasteiger partial charge in [-0.25, -0.2) is 4.39 Å². The van der Waals surface area contributed by atoms with Crippen molar-refractivity contribution < 1.29 is 18.7 Å². The Bertz CT molecular complexity index is 1440. The van der Waals surface area contributed by atoms with Gasteiger partial charge in [0.05, 0.1) is 7.11 Å². The maximum absolute atomic E-state index is 13.7. The highest BCUT2D eigenvalue weighted by Gasteiger charge is 2.25.